The molecule has 1 aliphatic rings. The molecule has 2 aromatic carbocycles. The average Bonchev–Trinajstić information content (AvgIpc) is 3.18. The van der Waals surface area contributed by atoms with Crippen LogP contribution in [0.3, 0.4) is 0 Å². The predicted octanol–water partition coefficient (Wildman–Crippen LogP) is 3.67. The topological polar surface area (TPSA) is 55.8 Å². The van der Waals surface area contributed by atoms with Crippen molar-refractivity contribution < 1.29 is 17.9 Å². The molecule has 1 atom stereocenters. The molecule has 1 aliphatic heterocycles. The lowest BCUT2D eigenvalue weighted by Crippen LogP contribution is -2.31. The van der Waals surface area contributed by atoms with Crippen LogP contribution in [0.5, 0.6) is 11.5 Å². The molecule has 140 valence electrons. The SMILES string of the molecule is CCS(=O)(=O)N1CCSC1c1ccc(OC)c(OCc2ccccc2)c1. The summed E-state index contributed by atoms with van der Waals surface area (Å²) >= 11 is 1.63. The lowest BCUT2D eigenvalue weighted by atomic mass is 10.2. The van der Waals surface area contributed by atoms with Gasteiger partial charge in [0.2, 0.25) is 10.0 Å². The third-order valence-electron chi connectivity index (χ3n) is 4.28. The fourth-order valence-corrected chi connectivity index (χ4v) is 5.81. The number of sulfonamides is 1. The third kappa shape index (κ3) is 4.16. The number of hydrogen-bond acceptors (Lipinski definition) is 5. The lowest BCUT2D eigenvalue weighted by molar-refractivity contribution is 0.284. The van der Waals surface area contributed by atoms with Crippen LogP contribution in [-0.4, -0.2) is 37.9 Å². The van der Waals surface area contributed by atoms with Crippen LogP contribution in [0.2, 0.25) is 0 Å². The maximum Gasteiger partial charge on any atom is 0.215 e. The van der Waals surface area contributed by atoms with Gasteiger partial charge in [0.05, 0.1) is 18.2 Å². The Balaban J connectivity index is 1.85. The largest absolute Gasteiger partial charge is 0.493 e. The van der Waals surface area contributed by atoms with E-state index in [1.165, 1.54) is 0 Å². The van der Waals surface area contributed by atoms with Crippen molar-refractivity contribution in [2.75, 3.05) is 25.2 Å². The number of benzene rings is 2. The Hall–Kier alpha value is -1.70. The normalized spacial score (nSPS) is 18.0. The molecule has 0 amide bonds. The monoisotopic (exact) mass is 393 g/mol. The van der Waals surface area contributed by atoms with Gasteiger partial charge < -0.3 is 9.47 Å². The van der Waals surface area contributed by atoms with Gasteiger partial charge >= 0.3 is 0 Å². The lowest BCUT2D eigenvalue weighted by Gasteiger charge is -2.23. The molecule has 26 heavy (non-hydrogen) atoms. The number of nitrogens with zero attached hydrogens (tertiary/aromatic N) is 1. The van der Waals surface area contributed by atoms with Crippen LogP contribution >= 0.6 is 11.8 Å². The molecule has 0 bridgehead atoms. The smallest absolute Gasteiger partial charge is 0.215 e. The van der Waals surface area contributed by atoms with E-state index in [0.29, 0.717) is 24.7 Å². The summed E-state index contributed by atoms with van der Waals surface area (Å²) in [5.41, 5.74) is 1.97. The van der Waals surface area contributed by atoms with Crippen LogP contribution in [-0.2, 0) is 16.6 Å². The second-order valence-electron chi connectivity index (χ2n) is 5.92. The number of rotatable bonds is 7. The Bertz CT molecular complexity index is 840. The Labute approximate surface area is 159 Å². The number of ether oxygens (including phenoxy) is 2. The van der Waals surface area contributed by atoms with E-state index >= 15 is 0 Å². The van der Waals surface area contributed by atoms with Gasteiger partial charge in [0, 0.05) is 12.3 Å². The van der Waals surface area contributed by atoms with Crippen LogP contribution < -0.4 is 9.47 Å². The minimum absolute atomic E-state index is 0.109. The van der Waals surface area contributed by atoms with Crippen molar-refractivity contribution >= 4 is 21.8 Å². The number of hydrogen-bond donors (Lipinski definition) is 0. The Morgan fingerprint density at radius 3 is 2.62 bits per heavy atom. The van der Waals surface area contributed by atoms with Gasteiger partial charge in [-0.2, -0.15) is 4.31 Å². The zero-order chi connectivity index (χ0) is 18.6. The van der Waals surface area contributed by atoms with E-state index < -0.39 is 10.0 Å². The highest BCUT2D eigenvalue weighted by Crippen LogP contribution is 2.42. The summed E-state index contributed by atoms with van der Waals surface area (Å²) in [7, 11) is -1.64. The Kier molecular flexibility index (Phi) is 6.11. The molecule has 1 saturated heterocycles. The van der Waals surface area contributed by atoms with Gasteiger partial charge in [0.15, 0.2) is 11.5 Å². The van der Waals surface area contributed by atoms with Crippen molar-refractivity contribution in [3.63, 3.8) is 0 Å². The van der Waals surface area contributed by atoms with Gasteiger partial charge in [-0.25, -0.2) is 8.42 Å². The minimum Gasteiger partial charge on any atom is -0.493 e. The molecule has 1 fully saturated rings. The van der Waals surface area contributed by atoms with Crippen molar-refractivity contribution in [1.82, 2.24) is 4.31 Å². The van der Waals surface area contributed by atoms with E-state index in [0.717, 1.165) is 16.9 Å². The highest BCUT2D eigenvalue weighted by Gasteiger charge is 2.35. The fourth-order valence-electron chi connectivity index (χ4n) is 2.86. The molecular weight excluding hydrogens is 370 g/mol. The van der Waals surface area contributed by atoms with Gasteiger partial charge in [0.25, 0.3) is 0 Å². The Morgan fingerprint density at radius 2 is 1.92 bits per heavy atom. The maximum absolute atomic E-state index is 12.4. The van der Waals surface area contributed by atoms with E-state index in [2.05, 4.69) is 0 Å². The molecule has 0 spiro atoms. The molecule has 0 aliphatic carbocycles. The molecule has 1 heterocycles. The van der Waals surface area contributed by atoms with Crippen LogP contribution in [0.15, 0.2) is 48.5 Å². The minimum atomic E-state index is -3.24. The van der Waals surface area contributed by atoms with Crippen molar-refractivity contribution in [2.24, 2.45) is 0 Å². The molecule has 7 heteroatoms. The van der Waals surface area contributed by atoms with Crippen molar-refractivity contribution in [3.8, 4) is 11.5 Å². The van der Waals surface area contributed by atoms with E-state index in [1.807, 2.05) is 48.5 Å². The highest BCUT2D eigenvalue weighted by atomic mass is 32.2. The molecule has 0 aromatic heterocycles. The van der Waals surface area contributed by atoms with E-state index in [1.54, 1.807) is 30.1 Å². The van der Waals surface area contributed by atoms with Gasteiger partial charge in [-0.05, 0) is 30.2 Å². The molecule has 0 N–H and O–H groups in total. The summed E-state index contributed by atoms with van der Waals surface area (Å²) in [6, 6.07) is 15.5. The van der Waals surface area contributed by atoms with Gasteiger partial charge in [-0.15, -0.1) is 11.8 Å². The van der Waals surface area contributed by atoms with Gasteiger partial charge in [-0.1, -0.05) is 36.4 Å². The van der Waals surface area contributed by atoms with Crippen LogP contribution in [0.25, 0.3) is 0 Å². The summed E-state index contributed by atoms with van der Waals surface area (Å²) in [5, 5.41) is -0.218. The summed E-state index contributed by atoms with van der Waals surface area (Å²) in [6.45, 7) is 2.64. The molecule has 1 unspecified atom stereocenters. The van der Waals surface area contributed by atoms with Crippen molar-refractivity contribution in [3.05, 3.63) is 59.7 Å². The van der Waals surface area contributed by atoms with E-state index in [9.17, 15) is 8.42 Å². The first-order chi connectivity index (χ1) is 12.5. The molecular formula is C19H23NO4S2. The van der Waals surface area contributed by atoms with E-state index in [-0.39, 0.29) is 11.1 Å². The molecule has 2 aromatic rings. The van der Waals surface area contributed by atoms with Crippen LogP contribution in [0.4, 0.5) is 0 Å². The second kappa shape index (κ2) is 8.33. The van der Waals surface area contributed by atoms with Crippen LogP contribution in [0.1, 0.15) is 23.4 Å². The fraction of sp³-hybridized carbons (Fsp3) is 0.368. The maximum atomic E-state index is 12.4. The molecule has 0 radical (unpaired) electrons. The number of methoxy groups -OCH3 is 1. The molecule has 5 nitrogen and oxygen atoms in total. The standard InChI is InChI=1S/C19H23NO4S2/c1-3-26(21,22)20-11-12-25-19(20)16-9-10-17(23-2)18(13-16)24-14-15-7-5-4-6-8-15/h4-10,13,19H,3,11-12,14H2,1-2H3. The summed E-state index contributed by atoms with van der Waals surface area (Å²) in [4.78, 5) is 0. The summed E-state index contributed by atoms with van der Waals surface area (Å²) in [5.74, 6) is 2.15. The molecule has 3 rings (SSSR count). The number of thioether (sulfide) groups is 1. The van der Waals surface area contributed by atoms with E-state index in [4.69, 9.17) is 9.47 Å². The first-order valence-electron chi connectivity index (χ1n) is 8.51. The molecule has 0 saturated carbocycles. The first kappa shape index (κ1) is 19.1. The van der Waals surface area contributed by atoms with Crippen molar-refractivity contribution in [2.45, 2.75) is 18.9 Å². The Morgan fingerprint density at radius 1 is 1.15 bits per heavy atom. The van der Waals surface area contributed by atoms with Crippen molar-refractivity contribution in [1.29, 1.82) is 0 Å². The second-order valence-corrected chi connectivity index (χ2v) is 9.32. The summed E-state index contributed by atoms with van der Waals surface area (Å²) < 4.78 is 37.7. The van der Waals surface area contributed by atoms with Gasteiger partial charge in [0.1, 0.15) is 6.61 Å². The van der Waals surface area contributed by atoms with Crippen LogP contribution in [0, 0.1) is 0 Å². The average molecular weight is 394 g/mol. The highest BCUT2D eigenvalue weighted by molar-refractivity contribution is 8.00. The van der Waals surface area contributed by atoms with Gasteiger partial charge in [-0.3, -0.25) is 0 Å². The summed E-state index contributed by atoms with van der Waals surface area (Å²) in [6.07, 6.45) is 0. The zero-order valence-electron chi connectivity index (χ0n) is 14.9. The third-order valence-corrected chi connectivity index (χ3v) is 7.51. The predicted molar refractivity (Wildman–Crippen MR) is 105 cm³/mol. The first-order valence-corrected chi connectivity index (χ1v) is 11.2. The zero-order valence-corrected chi connectivity index (χ0v) is 16.6. The quantitative estimate of drug-likeness (QED) is 0.718.